The van der Waals surface area contributed by atoms with Crippen molar-refractivity contribution in [2.75, 3.05) is 7.11 Å². The van der Waals surface area contributed by atoms with Crippen LogP contribution in [0.15, 0.2) is 18.2 Å². The van der Waals surface area contributed by atoms with Crippen LogP contribution in [0.4, 0.5) is 0 Å². The monoisotopic (exact) mass is 236 g/mol. The summed E-state index contributed by atoms with van der Waals surface area (Å²) in [7, 11) is 1.63. The molecule has 0 aliphatic carbocycles. The molecule has 0 aliphatic rings. The molecule has 0 amide bonds. The largest absolute Gasteiger partial charge is 0.497 e. The number of aromatic nitrogens is 2. The van der Waals surface area contributed by atoms with Gasteiger partial charge in [-0.05, 0) is 12.1 Å². The van der Waals surface area contributed by atoms with E-state index < -0.39 is 0 Å². The molecule has 0 fully saturated rings. The number of ether oxygens (including phenoxy) is 1. The SMILES string of the molecule is COc1ccc2c(Cl)nc(C(C)C)nc2c1. The van der Waals surface area contributed by atoms with E-state index in [0.717, 1.165) is 22.5 Å². The van der Waals surface area contributed by atoms with Crippen LogP contribution in [-0.2, 0) is 0 Å². The van der Waals surface area contributed by atoms with Gasteiger partial charge in [0.05, 0.1) is 12.6 Å². The van der Waals surface area contributed by atoms with E-state index in [4.69, 9.17) is 16.3 Å². The third-order valence-electron chi connectivity index (χ3n) is 2.39. The smallest absolute Gasteiger partial charge is 0.140 e. The van der Waals surface area contributed by atoms with Gasteiger partial charge < -0.3 is 4.74 Å². The first-order valence-electron chi connectivity index (χ1n) is 5.13. The molecule has 0 atom stereocenters. The summed E-state index contributed by atoms with van der Waals surface area (Å²) < 4.78 is 5.16. The highest BCUT2D eigenvalue weighted by Gasteiger charge is 2.09. The van der Waals surface area contributed by atoms with Gasteiger partial charge in [-0.3, -0.25) is 0 Å². The lowest BCUT2D eigenvalue weighted by Gasteiger charge is -2.07. The normalized spacial score (nSPS) is 11.1. The Bertz CT molecular complexity index is 526. The van der Waals surface area contributed by atoms with Crippen molar-refractivity contribution in [3.63, 3.8) is 0 Å². The van der Waals surface area contributed by atoms with Crippen molar-refractivity contribution in [3.05, 3.63) is 29.2 Å². The minimum absolute atomic E-state index is 0.258. The predicted molar refractivity (Wildman–Crippen MR) is 65.2 cm³/mol. The molecule has 4 heteroatoms. The Morgan fingerprint density at radius 2 is 2.00 bits per heavy atom. The molecule has 1 aromatic carbocycles. The topological polar surface area (TPSA) is 35.0 Å². The lowest BCUT2D eigenvalue weighted by atomic mass is 10.2. The number of fused-ring (bicyclic) bond motifs is 1. The molecule has 0 saturated heterocycles. The standard InChI is InChI=1S/C12H13ClN2O/c1-7(2)12-14-10-6-8(16-3)4-5-9(10)11(13)15-12/h4-7H,1-3H3. The highest BCUT2D eigenvalue weighted by Crippen LogP contribution is 2.26. The first-order chi connectivity index (χ1) is 7.61. The summed E-state index contributed by atoms with van der Waals surface area (Å²) in [6.45, 7) is 4.08. The third-order valence-corrected chi connectivity index (χ3v) is 2.68. The third kappa shape index (κ3) is 1.95. The maximum Gasteiger partial charge on any atom is 0.140 e. The fourth-order valence-corrected chi connectivity index (χ4v) is 1.72. The van der Waals surface area contributed by atoms with Gasteiger partial charge in [-0.1, -0.05) is 25.4 Å². The van der Waals surface area contributed by atoms with Gasteiger partial charge in [-0.25, -0.2) is 9.97 Å². The molecule has 0 spiro atoms. The van der Waals surface area contributed by atoms with Crippen molar-refractivity contribution in [1.82, 2.24) is 9.97 Å². The maximum atomic E-state index is 6.11. The second kappa shape index (κ2) is 4.26. The molecule has 0 aliphatic heterocycles. The maximum absolute atomic E-state index is 6.11. The molecule has 1 heterocycles. The van der Waals surface area contributed by atoms with Crippen molar-refractivity contribution in [2.24, 2.45) is 0 Å². The van der Waals surface area contributed by atoms with Crippen LogP contribution < -0.4 is 4.74 Å². The van der Waals surface area contributed by atoms with Crippen molar-refractivity contribution >= 4 is 22.5 Å². The zero-order chi connectivity index (χ0) is 11.7. The Morgan fingerprint density at radius 1 is 1.25 bits per heavy atom. The van der Waals surface area contributed by atoms with Crippen LogP contribution in [0.2, 0.25) is 5.15 Å². The number of methoxy groups -OCH3 is 1. The first-order valence-corrected chi connectivity index (χ1v) is 5.51. The summed E-state index contributed by atoms with van der Waals surface area (Å²) in [4.78, 5) is 8.74. The fourth-order valence-electron chi connectivity index (χ4n) is 1.47. The lowest BCUT2D eigenvalue weighted by Crippen LogP contribution is -1.98. The van der Waals surface area contributed by atoms with Crippen molar-refractivity contribution < 1.29 is 4.74 Å². The summed E-state index contributed by atoms with van der Waals surface area (Å²) in [5.41, 5.74) is 0.822. The number of rotatable bonds is 2. The van der Waals surface area contributed by atoms with E-state index in [2.05, 4.69) is 9.97 Å². The zero-order valence-electron chi connectivity index (χ0n) is 9.49. The van der Waals surface area contributed by atoms with Gasteiger partial charge in [0.25, 0.3) is 0 Å². The molecule has 3 nitrogen and oxygen atoms in total. The van der Waals surface area contributed by atoms with Crippen LogP contribution in [0, 0.1) is 0 Å². The van der Waals surface area contributed by atoms with Gasteiger partial charge in [-0.2, -0.15) is 0 Å². The Labute approximate surface area is 99.4 Å². The van der Waals surface area contributed by atoms with Gasteiger partial charge >= 0.3 is 0 Å². The lowest BCUT2D eigenvalue weighted by molar-refractivity contribution is 0.415. The summed E-state index contributed by atoms with van der Waals surface area (Å²) in [5.74, 6) is 1.79. The molecular formula is C12H13ClN2O. The Morgan fingerprint density at radius 3 is 2.62 bits per heavy atom. The van der Waals surface area contributed by atoms with Crippen LogP contribution >= 0.6 is 11.6 Å². The van der Waals surface area contributed by atoms with Gasteiger partial charge in [0.2, 0.25) is 0 Å². The van der Waals surface area contributed by atoms with E-state index in [1.807, 2.05) is 32.0 Å². The molecule has 0 N–H and O–H groups in total. The second-order valence-electron chi connectivity index (χ2n) is 3.91. The molecule has 1 aromatic heterocycles. The average molecular weight is 237 g/mol. The molecule has 84 valence electrons. The zero-order valence-corrected chi connectivity index (χ0v) is 10.2. The molecule has 2 aromatic rings. The first kappa shape index (κ1) is 11.1. The van der Waals surface area contributed by atoms with Crippen molar-refractivity contribution in [3.8, 4) is 5.75 Å². The van der Waals surface area contributed by atoms with Crippen molar-refractivity contribution in [2.45, 2.75) is 19.8 Å². The number of hydrogen-bond acceptors (Lipinski definition) is 3. The van der Waals surface area contributed by atoms with E-state index in [1.54, 1.807) is 7.11 Å². The van der Waals surface area contributed by atoms with Gasteiger partial charge in [-0.15, -0.1) is 0 Å². The van der Waals surface area contributed by atoms with Gasteiger partial charge in [0.1, 0.15) is 16.7 Å². The summed E-state index contributed by atoms with van der Waals surface area (Å²) in [5, 5.41) is 1.35. The molecule has 0 unspecified atom stereocenters. The van der Waals surface area contributed by atoms with Crippen LogP contribution in [0.3, 0.4) is 0 Å². The number of nitrogens with zero attached hydrogens (tertiary/aromatic N) is 2. The van der Waals surface area contributed by atoms with Gasteiger partial charge in [0.15, 0.2) is 0 Å². The minimum atomic E-state index is 0.258. The minimum Gasteiger partial charge on any atom is -0.497 e. The molecular weight excluding hydrogens is 224 g/mol. The molecule has 16 heavy (non-hydrogen) atoms. The molecule has 0 saturated carbocycles. The fraction of sp³-hybridized carbons (Fsp3) is 0.333. The molecule has 0 radical (unpaired) electrons. The number of hydrogen-bond donors (Lipinski definition) is 0. The Hall–Kier alpha value is -1.35. The van der Waals surface area contributed by atoms with Crippen LogP contribution in [0.5, 0.6) is 5.75 Å². The summed E-state index contributed by atoms with van der Waals surface area (Å²) in [6, 6.07) is 5.60. The highest BCUT2D eigenvalue weighted by atomic mass is 35.5. The average Bonchev–Trinajstić information content (AvgIpc) is 2.28. The number of benzene rings is 1. The van der Waals surface area contributed by atoms with Crippen LogP contribution in [0.25, 0.3) is 10.9 Å². The van der Waals surface area contributed by atoms with E-state index in [-0.39, 0.29) is 5.92 Å². The Kier molecular flexibility index (Phi) is 2.97. The van der Waals surface area contributed by atoms with E-state index in [0.29, 0.717) is 5.15 Å². The quantitative estimate of drug-likeness (QED) is 0.750. The molecule has 0 bridgehead atoms. The van der Waals surface area contributed by atoms with E-state index >= 15 is 0 Å². The van der Waals surface area contributed by atoms with Crippen LogP contribution in [-0.4, -0.2) is 17.1 Å². The summed E-state index contributed by atoms with van der Waals surface area (Å²) >= 11 is 6.11. The predicted octanol–water partition coefficient (Wildman–Crippen LogP) is 3.42. The van der Waals surface area contributed by atoms with E-state index in [9.17, 15) is 0 Å². The van der Waals surface area contributed by atoms with E-state index in [1.165, 1.54) is 0 Å². The van der Waals surface area contributed by atoms with Crippen molar-refractivity contribution in [1.29, 1.82) is 0 Å². The number of halogens is 1. The van der Waals surface area contributed by atoms with Crippen LogP contribution in [0.1, 0.15) is 25.6 Å². The Balaban J connectivity index is 2.68. The molecule has 2 rings (SSSR count). The highest BCUT2D eigenvalue weighted by molar-refractivity contribution is 6.34. The second-order valence-corrected chi connectivity index (χ2v) is 4.27. The van der Waals surface area contributed by atoms with Gasteiger partial charge in [0, 0.05) is 17.4 Å². The summed E-state index contributed by atoms with van der Waals surface area (Å²) in [6.07, 6.45) is 0.